The first-order valence-corrected chi connectivity index (χ1v) is 8.44. The number of carbonyl (C=O) groups excluding carboxylic acids is 1. The quantitative estimate of drug-likeness (QED) is 0.595. The lowest BCUT2D eigenvalue weighted by Crippen LogP contribution is -2.29. The largest absolute Gasteiger partial charge is 0.385 e. The van der Waals surface area contributed by atoms with Crippen molar-refractivity contribution >= 4 is 5.91 Å². The minimum absolute atomic E-state index is 0.239. The first-order valence-electron chi connectivity index (χ1n) is 8.44. The van der Waals surface area contributed by atoms with E-state index in [1.807, 2.05) is 41.4 Å². The van der Waals surface area contributed by atoms with Crippen LogP contribution in [0.4, 0.5) is 0 Å². The smallest absolute Gasteiger partial charge is 0.269 e. The molecule has 0 aliphatic rings. The molecule has 0 fully saturated rings. The fourth-order valence-electron chi connectivity index (χ4n) is 2.79. The maximum atomic E-state index is 12.5. The maximum Gasteiger partial charge on any atom is 0.269 e. The van der Waals surface area contributed by atoms with Crippen LogP contribution in [0.15, 0.2) is 30.7 Å². The Bertz CT molecular complexity index is 864. The molecule has 26 heavy (non-hydrogen) atoms. The number of aromatic nitrogens is 6. The van der Waals surface area contributed by atoms with Crippen molar-refractivity contribution in [1.29, 1.82) is 0 Å². The summed E-state index contributed by atoms with van der Waals surface area (Å²) in [6, 6.07) is 5.33. The van der Waals surface area contributed by atoms with Crippen molar-refractivity contribution in [3.05, 3.63) is 42.2 Å². The third-order valence-corrected chi connectivity index (χ3v) is 4.16. The van der Waals surface area contributed by atoms with Crippen LogP contribution in [0.25, 0.3) is 11.4 Å². The fourth-order valence-corrected chi connectivity index (χ4v) is 2.79. The van der Waals surface area contributed by atoms with Gasteiger partial charge in [-0.15, -0.1) is 10.2 Å². The zero-order valence-corrected chi connectivity index (χ0v) is 15.1. The van der Waals surface area contributed by atoms with E-state index < -0.39 is 0 Å². The van der Waals surface area contributed by atoms with Crippen LogP contribution in [-0.4, -0.2) is 49.2 Å². The van der Waals surface area contributed by atoms with Gasteiger partial charge in [-0.3, -0.25) is 9.89 Å². The first-order chi connectivity index (χ1) is 12.6. The number of rotatable bonds is 8. The predicted octanol–water partition coefficient (Wildman–Crippen LogP) is 1.53. The van der Waals surface area contributed by atoms with Gasteiger partial charge in [-0.1, -0.05) is 0 Å². The summed E-state index contributed by atoms with van der Waals surface area (Å²) in [4.78, 5) is 12.5. The second-order valence-corrected chi connectivity index (χ2v) is 6.10. The summed E-state index contributed by atoms with van der Waals surface area (Å²) in [5.41, 5.74) is 2.06. The molecule has 9 nitrogen and oxygen atoms in total. The number of aryl methyl sites for hydroxylation is 2. The summed E-state index contributed by atoms with van der Waals surface area (Å²) in [5.74, 6) is 0.466. The van der Waals surface area contributed by atoms with Gasteiger partial charge in [0.2, 0.25) is 0 Å². The van der Waals surface area contributed by atoms with E-state index in [0.717, 1.165) is 24.4 Å². The predicted molar refractivity (Wildman–Crippen MR) is 95.4 cm³/mol. The normalized spacial score (nSPS) is 12.3. The Morgan fingerprint density at radius 3 is 3.04 bits per heavy atom. The van der Waals surface area contributed by atoms with Crippen LogP contribution in [-0.2, 0) is 18.3 Å². The highest BCUT2D eigenvalue weighted by Gasteiger charge is 2.18. The van der Waals surface area contributed by atoms with E-state index in [2.05, 4.69) is 25.7 Å². The van der Waals surface area contributed by atoms with Gasteiger partial charge in [0.15, 0.2) is 5.82 Å². The highest BCUT2D eigenvalue weighted by molar-refractivity contribution is 5.93. The van der Waals surface area contributed by atoms with E-state index >= 15 is 0 Å². The number of carbonyl (C=O) groups is 1. The summed E-state index contributed by atoms with van der Waals surface area (Å²) >= 11 is 0. The number of nitrogens with zero attached hydrogens (tertiary/aromatic N) is 5. The topological polar surface area (TPSA) is 103 Å². The van der Waals surface area contributed by atoms with Crippen molar-refractivity contribution in [2.24, 2.45) is 7.05 Å². The molecule has 0 radical (unpaired) electrons. The van der Waals surface area contributed by atoms with Crippen molar-refractivity contribution in [2.75, 3.05) is 13.7 Å². The summed E-state index contributed by atoms with van der Waals surface area (Å²) < 4.78 is 8.94. The average Bonchev–Trinajstić information content (AvgIpc) is 3.34. The highest BCUT2D eigenvalue weighted by Crippen LogP contribution is 2.18. The third-order valence-electron chi connectivity index (χ3n) is 4.16. The lowest BCUT2D eigenvalue weighted by Gasteiger charge is -2.14. The van der Waals surface area contributed by atoms with E-state index in [1.165, 1.54) is 0 Å². The minimum atomic E-state index is -0.283. The van der Waals surface area contributed by atoms with Gasteiger partial charge in [-0.25, -0.2) is 0 Å². The summed E-state index contributed by atoms with van der Waals surface area (Å²) in [6.45, 7) is 3.27. The highest BCUT2D eigenvalue weighted by atomic mass is 16.5. The molecule has 0 saturated carbocycles. The van der Waals surface area contributed by atoms with Gasteiger partial charge < -0.3 is 19.2 Å². The van der Waals surface area contributed by atoms with Crippen molar-refractivity contribution in [3.8, 4) is 11.4 Å². The molecule has 1 amide bonds. The molecule has 138 valence electrons. The molecule has 9 heteroatoms. The Morgan fingerprint density at radius 1 is 1.46 bits per heavy atom. The van der Waals surface area contributed by atoms with Crippen molar-refractivity contribution < 1.29 is 9.53 Å². The molecule has 0 aliphatic heterocycles. The molecular formula is C17H23N7O2. The van der Waals surface area contributed by atoms with Crippen molar-refractivity contribution in [1.82, 2.24) is 34.8 Å². The number of aromatic amines is 1. The summed E-state index contributed by atoms with van der Waals surface area (Å²) in [6.07, 6.45) is 4.45. The Balaban J connectivity index is 1.66. The van der Waals surface area contributed by atoms with Crippen LogP contribution < -0.4 is 5.32 Å². The lowest BCUT2D eigenvalue weighted by atomic mass is 10.2. The van der Waals surface area contributed by atoms with Gasteiger partial charge in [0.05, 0.1) is 11.7 Å². The monoisotopic (exact) mass is 357 g/mol. The molecule has 2 N–H and O–H groups in total. The van der Waals surface area contributed by atoms with Gasteiger partial charge in [0, 0.05) is 33.5 Å². The average molecular weight is 357 g/mol. The van der Waals surface area contributed by atoms with E-state index in [1.54, 1.807) is 19.5 Å². The molecule has 0 aromatic carbocycles. The molecule has 0 bridgehead atoms. The van der Waals surface area contributed by atoms with Gasteiger partial charge >= 0.3 is 0 Å². The van der Waals surface area contributed by atoms with Crippen molar-refractivity contribution in [3.63, 3.8) is 0 Å². The second-order valence-electron chi connectivity index (χ2n) is 6.10. The minimum Gasteiger partial charge on any atom is -0.385 e. The second kappa shape index (κ2) is 7.96. The molecular weight excluding hydrogens is 334 g/mol. The number of H-pyrrole nitrogens is 1. The Hall–Kier alpha value is -2.94. The number of ether oxygens (including phenoxy) is 1. The summed E-state index contributed by atoms with van der Waals surface area (Å²) in [5, 5.41) is 18.0. The third kappa shape index (κ3) is 3.83. The zero-order chi connectivity index (χ0) is 18.5. The first kappa shape index (κ1) is 17.9. The van der Waals surface area contributed by atoms with E-state index in [-0.39, 0.29) is 11.9 Å². The molecule has 3 rings (SSSR count). The van der Waals surface area contributed by atoms with Crippen LogP contribution in [0, 0.1) is 0 Å². The van der Waals surface area contributed by atoms with Gasteiger partial charge in [0.1, 0.15) is 17.7 Å². The molecule has 1 atom stereocenters. The Morgan fingerprint density at radius 2 is 2.31 bits per heavy atom. The molecule has 0 spiro atoms. The van der Waals surface area contributed by atoms with E-state index in [4.69, 9.17) is 4.74 Å². The number of methoxy groups -OCH3 is 1. The molecule has 3 aromatic rings. The molecule has 0 saturated heterocycles. The van der Waals surface area contributed by atoms with Gasteiger partial charge in [-0.2, -0.15) is 5.10 Å². The van der Waals surface area contributed by atoms with Crippen LogP contribution in [0.3, 0.4) is 0 Å². The standard InChI is InChI=1S/C17H23N7O2/c1-12(16-22-18-11-24(16)8-5-9-26-3)19-17(25)14-10-13(20-21-14)15-6-4-7-23(15)2/h4,6-7,10-12H,5,8-9H2,1-3H3,(H,19,25)(H,20,21)/t12-/m1/s1. The van der Waals surface area contributed by atoms with Crippen LogP contribution in [0.5, 0.6) is 0 Å². The fraction of sp³-hybridized carbons (Fsp3) is 0.412. The van der Waals surface area contributed by atoms with Crippen LogP contribution in [0.2, 0.25) is 0 Å². The molecule has 3 aromatic heterocycles. The number of amides is 1. The zero-order valence-electron chi connectivity index (χ0n) is 15.1. The number of hydrogen-bond acceptors (Lipinski definition) is 5. The number of nitrogens with one attached hydrogen (secondary N) is 2. The SMILES string of the molecule is COCCCn1cnnc1[C@@H](C)NC(=O)c1cc(-c2cccn2C)n[nH]1. The summed E-state index contributed by atoms with van der Waals surface area (Å²) in [7, 11) is 3.60. The van der Waals surface area contributed by atoms with Crippen molar-refractivity contribution in [2.45, 2.75) is 25.9 Å². The Kier molecular flexibility index (Phi) is 5.47. The van der Waals surface area contributed by atoms with Gasteiger partial charge in [0.25, 0.3) is 5.91 Å². The van der Waals surface area contributed by atoms with Crippen LogP contribution in [0.1, 0.15) is 35.7 Å². The lowest BCUT2D eigenvalue weighted by molar-refractivity contribution is 0.0932. The molecule has 0 unspecified atom stereocenters. The Labute approximate surface area is 151 Å². The van der Waals surface area contributed by atoms with E-state index in [0.29, 0.717) is 18.1 Å². The maximum absolute atomic E-state index is 12.5. The number of hydrogen-bond donors (Lipinski definition) is 2. The van der Waals surface area contributed by atoms with Gasteiger partial charge in [-0.05, 0) is 31.5 Å². The van der Waals surface area contributed by atoms with Crippen LogP contribution >= 0.6 is 0 Å². The molecule has 3 heterocycles. The van der Waals surface area contributed by atoms with E-state index in [9.17, 15) is 4.79 Å². The molecule has 0 aliphatic carbocycles.